The Hall–Kier alpha value is -0.230. The fraction of sp³-hybridized carbons (Fsp3) is 0.667. The van der Waals surface area contributed by atoms with Gasteiger partial charge in [0, 0.05) is 5.03 Å². The molecule has 0 nitrogen and oxygen atoms in total. The molecule has 0 aliphatic heterocycles. The molecule has 0 bridgehead atoms. The Kier molecular flexibility index (Phi) is 3.61. The molecule has 0 amide bonds. The molecule has 74 valence electrons. The first-order valence-electron chi connectivity index (χ1n) is 5.01. The Balaban J connectivity index is 2.30. The fourth-order valence-corrected chi connectivity index (χ4v) is 1.63. The maximum absolute atomic E-state index is 5.85. The predicted molar refractivity (Wildman–Crippen MR) is 59.9 cm³/mol. The van der Waals surface area contributed by atoms with E-state index in [0.717, 1.165) is 11.5 Å². The van der Waals surface area contributed by atoms with Gasteiger partial charge in [0.25, 0.3) is 0 Å². The van der Waals surface area contributed by atoms with Crippen molar-refractivity contribution in [2.75, 3.05) is 0 Å². The second kappa shape index (κ2) is 4.32. The largest absolute Gasteiger partial charge is 0.0847 e. The minimum Gasteiger partial charge on any atom is -0.0847 e. The van der Waals surface area contributed by atoms with Gasteiger partial charge in [0.1, 0.15) is 0 Å². The molecular formula is C12H19Cl. The second-order valence-electron chi connectivity index (χ2n) is 5.04. The SMILES string of the molecule is CC(C)(C)CCC1C=CC(Cl)=CC1. The Bertz CT molecular complexity index is 218. The lowest BCUT2D eigenvalue weighted by molar-refractivity contribution is 0.341. The van der Waals surface area contributed by atoms with Crippen LogP contribution in [0.4, 0.5) is 0 Å². The van der Waals surface area contributed by atoms with Crippen molar-refractivity contribution >= 4 is 11.6 Å². The third kappa shape index (κ3) is 4.52. The van der Waals surface area contributed by atoms with Gasteiger partial charge in [0.15, 0.2) is 0 Å². The van der Waals surface area contributed by atoms with Crippen LogP contribution >= 0.6 is 11.6 Å². The highest BCUT2D eigenvalue weighted by molar-refractivity contribution is 6.31. The van der Waals surface area contributed by atoms with Gasteiger partial charge in [-0.15, -0.1) is 0 Å². The molecule has 0 aromatic heterocycles. The Morgan fingerprint density at radius 3 is 2.62 bits per heavy atom. The summed E-state index contributed by atoms with van der Waals surface area (Å²) in [7, 11) is 0. The second-order valence-corrected chi connectivity index (χ2v) is 5.48. The minimum absolute atomic E-state index is 0.457. The number of rotatable bonds is 2. The number of halogens is 1. The van der Waals surface area contributed by atoms with E-state index < -0.39 is 0 Å². The molecule has 1 rings (SSSR count). The summed E-state index contributed by atoms with van der Waals surface area (Å²) in [5.41, 5.74) is 0.457. The molecule has 1 heteroatoms. The standard InChI is InChI=1S/C12H19Cl/c1-12(2,3)9-8-10-4-6-11(13)7-5-10/h4,6-7,10H,5,8-9H2,1-3H3. The zero-order chi connectivity index (χ0) is 9.90. The quantitative estimate of drug-likeness (QED) is 0.613. The van der Waals surface area contributed by atoms with Crippen LogP contribution in [0.3, 0.4) is 0 Å². The molecule has 0 radical (unpaired) electrons. The van der Waals surface area contributed by atoms with E-state index in [1.165, 1.54) is 12.8 Å². The molecule has 1 aliphatic rings. The van der Waals surface area contributed by atoms with E-state index in [2.05, 4.69) is 32.9 Å². The van der Waals surface area contributed by atoms with Gasteiger partial charge in [0.2, 0.25) is 0 Å². The van der Waals surface area contributed by atoms with Crippen LogP contribution in [0, 0.1) is 11.3 Å². The first-order chi connectivity index (χ1) is 5.97. The van der Waals surface area contributed by atoms with E-state index >= 15 is 0 Å². The molecule has 0 saturated heterocycles. The summed E-state index contributed by atoms with van der Waals surface area (Å²) in [5, 5.41) is 0.895. The summed E-state index contributed by atoms with van der Waals surface area (Å²) in [4.78, 5) is 0. The van der Waals surface area contributed by atoms with E-state index in [1.807, 2.05) is 6.08 Å². The van der Waals surface area contributed by atoms with Crippen molar-refractivity contribution in [2.24, 2.45) is 11.3 Å². The lowest BCUT2D eigenvalue weighted by Gasteiger charge is -2.21. The Labute approximate surface area is 86.7 Å². The van der Waals surface area contributed by atoms with Gasteiger partial charge in [0.05, 0.1) is 0 Å². The van der Waals surface area contributed by atoms with Crippen LogP contribution in [0.15, 0.2) is 23.3 Å². The Morgan fingerprint density at radius 2 is 2.15 bits per heavy atom. The van der Waals surface area contributed by atoms with Crippen molar-refractivity contribution in [3.05, 3.63) is 23.3 Å². The number of hydrogen-bond acceptors (Lipinski definition) is 0. The Morgan fingerprint density at radius 1 is 1.46 bits per heavy atom. The smallest absolute Gasteiger partial charge is 0.0363 e. The maximum Gasteiger partial charge on any atom is 0.0363 e. The highest BCUT2D eigenvalue weighted by Crippen LogP contribution is 2.28. The first-order valence-corrected chi connectivity index (χ1v) is 5.39. The summed E-state index contributed by atoms with van der Waals surface area (Å²) < 4.78 is 0. The minimum atomic E-state index is 0.457. The predicted octanol–water partition coefficient (Wildman–Crippen LogP) is 4.51. The highest BCUT2D eigenvalue weighted by Gasteiger charge is 2.14. The van der Waals surface area contributed by atoms with E-state index in [-0.39, 0.29) is 0 Å². The third-order valence-electron chi connectivity index (χ3n) is 2.41. The zero-order valence-electron chi connectivity index (χ0n) is 8.81. The van der Waals surface area contributed by atoms with E-state index in [1.54, 1.807) is 0 Å². The van der Waals surface area contributed by atoms with E-state index in [4.69, 9.17) is 11.6 Å². The summed E-state index contributed by atoms with van der Waals surface area (Å²) in [5.74, 6) is 0.710. The van der Waals surface area contributed by atoms with Crippen LogP contribution in [0.1, 0.15) is 40.0 Å². The van der Waals surface area contributed by atoms with Crippen LogP contribution in [0.25, 0.3) is 0 Å². The van der Waals surface area contributed by atoms with Crippen LogP contribution < -0.4 is 0 Å². The number of hydrogen-bond donors (Lipinski definition) is 0. The zero-order valence-corrected chi connectivity index (χ0v) is 9.56. The monoisotopic (exact) mass is 198 g/mol. The van der Waals surface area contributed by atoms with Crippen LogP contribution in [0.5, 0.6) is 0 Å². The van der Waals surface area contributed by atoms with Gasteiger partial charge in [-0.05, 0) is 36.7 Å². The van der Waals surface area contributed by atoms with Gasteiger partial charge in [-0.2, -0.15) is 0 Å². The summed E-state index contributed by atoms with van der Waals surface area (Å²) in [6.45, 7) is 6.88. The average molecular weight is 199 g/mol. The molecule has 0 saturated carbocycles. The van der Waals surface area contributed by atoms with Gasteiger partial charge >= 0.3 is 0 Å². The molecule has 1 unspecified atom stereocenters. The van der Waals surface area contributed by atoms with Gasteiger partial charge in [-0.25, -0.2) is 0 Å². The van der Waals surface area contributed by atoms with Crippen molar-refractivity contribution < 1.29 is 0 Å². The lowest BCUT2D eigenvalue weighted by Crippen LogP contribution is -2.08. The maximum atomic E-state index is 5.85. The summed E-state index contributed by atoms with van der Waals surface area (Å²) in [6.07, 6.45) is 10.1. The van der Waals surface area contributed by atoms with Gasteiger partial charge < -0.3 is 0 Å². The molecule has 0 aromatic rings. The van der Waals surface area contributed by atoms with Gasteiger partial charge in [-0.1, -0.05) is 44.5 Å². The van der Waals surface area contributed by atoms with E-state index in [0.29, 0.717) is 11.3 Å². The topological polar surface area (TPSA) is 0 Å². The van der Waals surface area contributed by atoms with Crippen LogP contribution in [-0.4, -0.2) is 0 Å². The number of allylic oxidation sites excluding steroid dienone is 4. The van der Waals surface area contributed by atoms with Crippen molar-refractivity contribution in [2.45, 2.75) is 40.0 Å². The third-order valence-corrected chi connectivity index (χ3v) is 2.69. The first kappa shape index (κ1) is 10.8. The van der Waals surface area contributed by atoms with Crippen molar-refractivity contribution in [1.29, 1.82) is 0 Å². The molecule has 0 fully saturated rings. The van der Waals surface area contributed by atoms with Crippen LogP contribution in [0.2, 0.25) is 0 Å². The summed E-state index contributed by atoms with van der Waals surface area (Å²) in [6, 6.07) is 0. The lowest BCUT2D eigenvalue weighted by atomic mass is 9.85. The molecule has 1 aliphatic carbocycles. The van der Waals surface area contributed by atoms with Crippen LogP contribution in [-0.2, 0) is 0 Å². The van der Waals surface area contributed by atoms with Crippen molar-refractivity contribution in [3.63, 3.8) is 0 Å². The molecular weight excluding hydrogens is 180 g/mol. The molecule has 0 spiro atoms. The van der Waals surface area contributed by atoms with Crippen molar-refractivity contribution in [3.8, 4) is 0 Å². The van der Waals surface area contributed by atoms with Gasteiger partial charge in [-0.3, -0.25) is 0 Å². The normalized spacial score (nSPS) is 23.1. The van der Waals surface area contributed by atoms with E-state index in [9.17, 15) is 0 Å². The molecule has 13 heavy (non-hydrogen) atoms. The highest BCUT2D eigenvalue weighted by atomic mass is 35.5. The molecule has 0 heterocycles. The molecule has 1 atom stereocenters. The average Bonchev–Trinajstić information content (AvgIpc) is 2.02. The molecule has 0 aromatic carbocycles. The molecule has 0 N–H and O–H groups in total. The van der Waals surface area contributed by atoms with Crippen molar-refractivity contribution in [1.82, 2.24) is 0 Å². The fourth-order valence-electron chi connectivity index (χ4n) is 1.47. The summed E-state index contributed by atoms with van der Waals surface area (Å²) >= 11 is 5.85.